The van der Waals surface area contributed by atoms with E-state index in [9.17, 15) is 19.8 Å². The van der Waals surface area contributed by atoms with Crippen molar-refractivity contribution in [3.8, 4) is 5.75 Å². The Balaban J connectivity index is 1.29. The molecule has 4 rings (SSSR count). The van der Waals surface area contributed by atoms with Gasteiger partial charge in [0.25, 0.3) is 0 Å². The highest BCUT2D eigenvalue weighted by molar-refractivity contribution is 5.94. The van der Waals surface area contributed by atoms with Crippen LogP contribution in [0.4, 0.5) is 10.5 Å². The average Bonchev–Trinajstić information content (AvgIpc) is 2.89. The Morgan fingerprint density at radius 2 is 1.84 bits per heavy atom. The van der Waals surface area contributed by atoms with Crippen LogP contribution in [0.3, 0.4) is 0 Å². The van der Waals surface area contributed by atoms with Crippen LogP contribution in [0.25, 0.3) is 0 Å². The van der Waals surface area contributed by atoms with E-state index < -0.39 is 6.09 Å². The number of piperazine rings is 1. The molecule has 2 aromatic carbocycles. The number of amides is 2. The third-order valence-electron chi connectivity index (χ3n) is 7.80. The number of carboxylic acid groups (broad SMARTS) is 1. The number of aryl methyl sites for hydroxylation is 1. The maximum absolute atomic E-state index is 13.3. The summed E-state index contributed by atoms with van der Waals surface area (Å²) in [6.07, 6.45) is 2.49. The molecule has 1 saturated heterocycles. The molecule has 2 fully saturated rings. The summed E-state index contributed by atoms with van der Waals surface area (Å²) in [5.74, 6) is 0.902. The first-order chi connectivity index (χ1) is 17.7. The van der Waals surface area contributed by atoms with Crippen molar-refractivity contribution in [3.05, 3.63) is 59.2 Å². The van der Waals surface area contributed by atoms with E-state index >= 15 is 0 Å². The van der Waals surface area contributed by atoms with Crippen LogP contribution < -0.4 is 9.64 Å². The van der Waals surface area contributed by atoms with Crippen LogP contribution in [0, 0.1) is 12.8 Å². The summed E-state index contributed by atoms with van der Waals surface area (Å²) in [6, 6.07) is 13.7. The molecule has 1 aliphatic carbocycles. The van der Waals surface area contributed by atoms with Gasteiger partial charge in [-0.2, -0.15) is 0 Å². The molecule has 2 aliphatic rings. The Kier molecular flexibility index (Phi) is 8.71. The molecule has 37 heavy (non-hydrogen) atoms. The van der Waals surface area contributed by atoms with Crippen LogP contribution in [-0.4, -0.2) is 70.8 Å². The normalized spacial score (nSPS) is 22.5. The highest BCUT2D eigenvalue weighted by Gasteiger charge is 2.30. The van der Waals surface area contributed by atoms with Gasteiger partial charge < -0.3 is 24.7 Å². The second kappa shape index (κ2) is 12.0. The van der Waals surface area contributed by atoms with Crippen molar-refractivity contribution < 1.29 is 24.5 Å². The number of carbonyl (C=O) groups excluding carboxylic acids is 1. The minimum absolute atomic E-state index is 0.00573. The molecule has 2 N–H and O–H groups in total. The molecular weight excluding hydrogens is 470 g/mol. The number of ether oxygens (including phenoxy) is 1. The highest BCUT2D eigenvalue weighted by atomic mass is 16.5. The largest absolute Gasteiger partial charge is 0.490 e. The maximum atomic E-state index is 13.3. The minimum Gasteiger partial charge on any atom is -0.490 e. The maximum Gasteiger partial charge on any atom is 0.407 e. The van der Waals surface area contributed by atoms with Gasteiger partial charge in [-0.05, 0) is 80.5 Å². The van der Waals surface area contributed by atoms with Gasteiger partial charge in [0.15, 0.2) is 0 Å². The second-order valence-corrected chi connectivity index (χ2v) is 10.5. The molecular formula is C29H39N3O5. The van der Waals surface area contributed by atoms with Gasteiger partial charge in [0.2, 0.25) is 5.91 Å². The van der Waals surface area contributed by atoms with E-state index in [-0.39, 0.29) is 30.6 Å². The Morgan fingerprint density at radius 1 is 1.08 bits per heavy atom. The van der Waals surface area contributed by atoms with E-state index in [0.717, 1.165) is 61.3 Å². The standard InChI is InChI=1S/C29H39N3O5/c1-20-15-25(10-7-24(20)18-31-13-14-32(29(35)36)21(2)17-31)30(3)28(34)23-8-11-26(12-9-23)37-27-6-4-5-22(16-27)19-33/h4-7,10,15-16,21,23,26,33H,8-9,11-14,17-19H2,1-3H3,(H,35,36)/t21-,23?,26?/m0/s1. The molecule has 8 nitrogen and oxygen atoms in total. The number of anilines is 1. The number of hydrogen-bond acceptors (Lipinski definition) is 5. The zero-order valence-electron chi connectivity index (χ0n) is 22.1. The third-order valence-corrected chi connectivity index (χ3v) is 7.80. The Bertz CT molecular complexity index is 1100. The number of hydrogen-bond donors (Lipinski definition) is 2. The molecule has 0 spiro atoms. The van der Waals surface area contributed by atoms with Crippen molar-refractivity contribution in [2.45, 2.75) is 64.8 Å². The first kappa shape index (κ1) is 26.9. The molecule has 1 aliphatic heterocycles. The van der Waals surface area contributed by atoms with Gasteiger partial charge in [0, 0.05) is 50.9 Å². The molecule has 1 atom stereocenters. The Hall–Kier alpha value is -3.10. The van der Waals surface area contributed by atoms with E-state index in [1.54, 1.807) is 4.90 Å². The number of nitrogens with zero attached hydrogens (tertiary/aromatic N) is 3. The smallest absolute Gasteiger partial charge is 0.407 e. The van der Waals surface area contributed by atoms with Gasteiger partial charge in [-0.25, -0.2) is 4.79 Å². The van der Waals surface area contributed by atoms with E-state index in [1.165, 1.54) is 10.5 Å². The van der Waals surface area contributed by atoms with Crippen LogP contribution in [0.1, 0.15) is 49.3 Å². The van der Waals surface area contributed by atoms with Crippen molar-refractivity contribution in [1.29, 1.82) is 0 Å². The zero-order valence-corrected chi connectivity index (χ0v) is 22.1. The van der Waals surface area contributed by atoms with Crippen LogP contribution >= 0.6 is 0 Å². The fourth-order valence-electron chi connectivity index (χ4n) is 5.51. The molecule has 0 bridgehead atoms. The molecule has 8 heteroatoms. The van der Waals surface area contributed by atoms with Gasteiger partial charge in [-0.1, -0.05) is 18.2 Å². The SMILES string of the molecule is Cc1cc(N(C)C(=O)C2CCC(Oc3cccc(CO)c3)CC2)ccc1CN1CCN(C(=O)O)[C@@H](C)C1. The van der Waals surface area contributed by atoms with Crippen LogP contribution in [0.5, 0.6) is 5.75 Å². The van der Waals surface area contributed by atoms with Gasteiger partial charge >= 0.3 is 6.09 Å². The van der Waals surface area contributed by atoms with Crippen LogP contribution in [-0.2, 0) is 17.9 Å². The molecule has 1 heterocycles. The van der Waals surface area contributed by atoms with Crippen molar-refractivity contribution in [2.24, 2.45) is 5.92 Å². The first-order valence-corrected chi connectivity index (χ1v) is 13.2. The molecule has 1 saturated carbocycles. The summed E-state index contributed by atoms with van der Waals surface area (Å²) in [4.78, 5) is 30.2. The van der Waals surface area contributed by atoms with E-state index in [2.05, 4.69) is 24.0 Å². The summed E-state index contributed by atoms with van der Waals surface area (Å²) < 4.78 is 6.11. The monoisotopic (exact) mass is 509 g/mol. The van der Waals surface area contributed by atoms with E-state index in [0.29, 0.717) is 13.1 Å². The van der Waals surface area contributed by atoms with E-state index in [1.807, 2.05) is 44.3 Å². The third kappa shape index (κ3) is 6.62. The second-order valence-electron chi connectivity index (χ2n) is 10.5. The number of aliphatic hydroxyl groups is 1. The predicted octanol–water partition coefficient (Wildman–Crippen LogP) is 4.27. The molecule has 2 amide bonds. The number of rotatable bonds is 7. The van der Waals surface area contributed by atoms with Crippen molar-refractivity contribution in [2.75, 3.05) is 31.6 Å². The lowest BCUT2D eigenvalue weighted by Crippen LogP contribution is -2.53. The molecule has 0 unspecified atom stereocenters. The fourth-order valence-corrected chi connectivity index (χ4v) is 5.51. The molecule has 200 valence electrons. The molecule has 2 aromatic rings. The summed E-state index contributed by atoms with van der Waals surface area (Å²) in [5, 5.41) is 18.6. The van der Waals surface area contributed by atoms with Crippen LogP contribution in [0.15, 0.2) is 42.5 Å². The van der Waals surface area contributed by atoms with Crippen molar-refractivity contribution in [3.63, 3.8) is 0 Å². The van der Waals surface area contributed by atoms with Gasteiger partial charge in [0.05, 0.1) is 12.7 Å². The summed E-state index contributed by atoms with van der Waals surface area (Å²) in [5.41, 5.74) is 4.06. The van der Waals surface area contributed by atoms with E-state index in [4.69, 9.17) is 4.74 Å². The van der Waals surface area contributed by atoms with Gasteiger partial charge in [0.1, 0.15) is 5.75 Å². The topological polar surface area (TPSA) is 93.6 Å². The number of carbonyl (C=O) groups is 2. The van der Waals surface area contributed by atoms with Crippen molar-refractivity contribution >= 4 is 17.7 Å². The molecule has 0 aromatic heterocycles. The minimum atomic E-state index is -0.853. The highest BCUT2D eigenvalue weighted by Crippen LogP contribution is 2.31. The summed E-state index contributed by atoms with van der Waals surface area (Å²) >= 11 is 0. The lowest BCUT2D eigenvalue weighted by molar-refractivity contribution is -0.123. The zero-order chi connectivity index (χ0) is 26.5. The summed E-state index contributed by atoms with van der Waals surface area (Å²) in [6.45, 7) is 6.74. The quantitative estimate of drug-likeness (QED) is 0.579. The van der Waals surface area contributed by atoms with Gasteiger partial charge in [-0.3, -0.25) is 9.69 Å². The average molecular weight is 510 g/mol. The fraction of sp³-hybridized carbons (Fsp3) is 0.517. The Morgan fingerprint density at radius 3 is 2.49 bits per heavy atom. The molecule has 0 radical (unpaired) electrons. The lowest BCUT2D eigenvalue weighted by atomic mass is 9.86. The number of aliphatic hydroxyl groups excluding tert-OH is 1. The van der Waals surface area contributed by atoms with Crippen molar-refractivity contribution in [1.82, 2.24) is 9.80 Å². The Labute approximate surface area is 219 Å². The van der Waals surface area contributed by atoms with Crippen LogP contribution in [0.2, 0.25) is 0 Å². The number of benzene rings is 2. The summed E-state index contributed by atoms with van der Waals surface area (Å²) in [7, 11) is 1.85. The lowest BCUT2D eigenvalue weighted by Gasteiger charge is -2.38. The first-order valence-electron chi connectivity index (χ1n) is 13.2. The predicted molar refractivity (Wildman–Crippen MR) is 143 cm³/mol. The van der Waals surface area contributed by atoms with Gasteiger partial charge in [-0.15, -0.1) is 0 Å².